The number of fused-ring (bicyclic) bond motifs is 1. The van der Waals surface area contributed by atoms with Gasteiger partial charge in [-0.25, -0.2) is 0 Å². The van der Waals surface area contributed by atoms with E-state index in [1.807, 2.05) is 24.3 Å². The number of anilines is 2. The fraction of sp³-hybridized carbons (Fsp3) is 0.440. The summed E-state index contributed by atoms with van der Waals surface area (Å²) < 4.78 is 11.3. The normalized spacial score (nSPS) is 20.3. The molecule has 1 aliphatic carbocycles. The van der Waals surface area contributed by atoms with E-state index in [2.05, 4.69) is 20.4 Å². The van der Waals surface area contributed by atoms with E-state index in [0.29, 0.717) is 33.8 Å². The maximum atomic E-state index is 12.3. The third kappa shape index (κ3) is 4.79. The molecule has 0 spiro atoms. The van der Waals surface area contributed by atoms with E-state index in [0.717, 1.165) is 56.8 Å². The number of nitrogens with one attached hydrogen (secondary N) is 2. The van der Waals surface area contributed by atoms with E-state index in [-0.39, 0.29) is 11.8 Å². The van der Waals surface area contributed by atoms with E-state index in [4.69, 9.17) is 21.1 Å². The van der Waals surface area contributed by atoms with Crippen LogP contribution in [0.3, 0.4) is 0 Å². The zero-order chi connectivity index (χ0) is 23.8. The fourth-order valence-corrected chi connectivity index (χ4v) is 4.69. The van der Waals surface area contributed by atoms with Crippen molar-refractivity contribution < 1.29 is 19.1 Å². The van der Waals surface area contributed by atoms with Gasteiger partial charge in [0.25, 0.3) is 11.8 Å². The predicted octanol–water partition coefficient (Wildman–Crippen LogP) is 3.28. The van der Waals surface area contributed by atoms with Crippen LogP contribution in [0.1, 0.15) is 35.7 Å². The molecular weight excluding hydrogens is 456 g/mol. The zero-order valence-corrected chi connectivity index (χ0v) is 20.2. The molecule has 2 fully saturated rings. The molecule has 8 nitrogen and oxygen atoms in total. The van der Waals surface area contributed by atoms with Gasteiger partial charge in [0, 0.05) is 44.3 Å². The molecule has 0 aromatic heterocycles. The van der Waals surface area contributed by atoms with Gasteiger partial charge in [-0.05, 0) is 55.7 Å². The summed E-state index contributed by atoms with van der Waals surface area (Å²) in [6.07, 6.45) is 1.57. The van der Waals surface area contributed by atoms with Crippen molar-refractivity contribution in [3.63, 3.8) is 0 Å². The van der Waals surface area contributed by atoms with Crippen LogP contribution in [0.4, 0.5) is 11.4 Å². The Morgan fingerprint density at radius 2 is 1.97 bits per heavy atom. The molecule has 0 radical (unpaired) electrons. The predicted molar refractivity (Wildman–Crippen MR) is 131 cm³/mol. The molecule has 2 aromatic rings. The molecule has 1 saturated heterocycles. The monoisotopic (exact) mass is 484 g/mol. The number of carbonyl (C=O) groups is 2. The van der Waals surface area contributed by atoms with Crippen molar-refractivity contribution >= 4 is 34.8 Å². The lowest BCUT2D eigenvalue weighted by atomic mass is 10.1. The average molecular weight is 485 g/mol. The third-order valence-corrected chi connectivity index (χ3v) is 6.80. The molecule has 2 N–H and O–H groups in total. The molecule has 1 unspecified atom stereocenters. The largest absolute Gasteiger partial charge is 0.493 e. The fourth-order valence-electron chi connectivity index (χ4n) is 4.39. The third-order valence-electron chi connectivity index (χ3n) is 6.50. The number of nitrogens with zero attached hydrogens (tertiary/aromatic N) is 2. The van der Waals surface area contributed by atoms with Gasteiger partial charge in [-0.15, -0.1) is 0 Å². The molecule has 9 heteroatoms. The number of methoxy groups -OCH3 is 1. The second kappa shape index (κ2) is 9.35. The van der Waals surface area contributed by atoms with Gasteiger partial charge in [-0.3, -0.25) is 14.5 Å². The smallest absolute Gasteiger partial charge is 0.265 e. The molecule has 2 amide bonds. The Labute approximate surface area is 204 Å². The first-order valence-electron chi connectivity index (χ1n) is 11.7. The van der Waals surface area contributed by atoms with Crippen molar-refractivity contribution in [3.05, 3.63) is 46.5 Å². The van der Waals surface area contributed by atoms with Crippen LogP contribution in [-0.2, 0) is 11.3 Å². The minimum Gasteiger partial charge on any atom is -0.493 e. The number of amides is 2. The maximum Gasteiger partial charge on any atom is 0.265 e. The quantitative estimate of drug-likeness (QED) is 0.654. The molecule has 34 heavy (non-hydrogen) atoms. The van der Waals surface area contributed by atoms with Crippen LogP contribution in [-0.4, -0.2) is 62.1 Å². The van der Waals surface area contributed by atoms with E-state index in [1.165, 1.54) is 0 Å². The Morgan fingerprint density at radius 3 is 2.65 bits per heavy atom. The Kier molecular flexibility index (Phi) is 6.27. The molecule has 1 atom stereocenters. The first kappa shape index (κ1) is 22.8. The highest BCUT2D eigenvalue weighted by Gasteiger charge is 2.28. The van der Waals surface area contributed by atoms with Gasteiger partial charge in [0.15, 0.2) is 17.6 Å². The highest BCUT2D eigenvalue weighted by Crippen LogP contribution is 2.40. The minimum atomic E-state index is -0.547. The Morgan fingerprint density at radius 1 is 1.21 bits per heavy atom. The summed E-state index contributed by atoms with van der Waals surface area (Å²) in [7, 11) is 1.60. The standard InChI is InChI=1S/C25H29ClN4O4/c1-15-24(31)28-20-11-16(12-22(33-2)23(20)34-15)14-29-7-9-30(10-8-29)21-6-3-17(13-19(21)26)25(32)27-18-4-5-18/h3,6,11-13,15,18H,4-5,7-10,14H2,1-2H3,(H,27,32)(H,28,31). The van der Waals surface area contributed by atoms with Gasteiger partial charge < -0.3 is 25.0 Å². The number of piperazine rings is 1. The lowest BCUT2D eigenvalue weighted by molar-refractivity contribution is -0.122. The van der Waals surface area contributed by atoms with Crippen LogP contribution in [0.25, 0.3) is 0 Å². The molecule has 2 aromatic carbocycles. The van der Waals surface area contributed by atoms with Gasteiger partial charge in [0.1, 0.15) is 0 Å². The molecule has 180 valence electrons. The van der Waals surface area contributed by atoms with Crippen molar-refractivity contribution in [2.75, 3.05) is 43.5 Å². The van der Waals surface area contributed by atoms with Crippen molar-refractivity contribution in [1.82, 2.24) is 10.2 Å². The molecule has 5 rings (SSSR count). The van der Waals surface area contributed by atoms with Gasteiger partial charge in [0.05, 0.1) is 23.5 Å². The zero-order valence-electron chi connectivity index (χ0n) is 19.4. The summed E-state index contributed by atoms with van der Waals surface area (Å²) in [5, 5.41) is 6.51. The van der Waals surface area contributed by atoms with Crippen molar-refractivity contribution in [2.45, 2.75) is 38.5 Å². The number of hydrogen-bond acceptors (Lipinski definition) is 6. The molecule has 0 bridgehead atoms. The number of hydrogen-bond donors (Lipinski definition) is 2. The summed E-state index contributed by atoms with van der Waals surface area (Å²) in [6, 6.07) is 9.80. The number of rotatable bonds is 6. The summed E-state index contributed by atoms with van der Waals surface area (Å²) in [5.41, 5.74) is 3.25. The molecule has 2 heterocycles. The van der Waals surface area contributed by atoms with Crippen molar-refractivity contribution in [2.24, 2.45) is 0 Å². The lowest BCUT2D eigenvalue weighted by Gasteiger charge is -2.36. The molecular formula is C25H29ClN4O4. The molecule has 1 saturated carbocycles. The van der Waals surface area contributed by atoms with Crippen LogP contribution in [0.5, 0.6) is 11.5 Å². The Bertz CT molecular complexity index is 1110. The first-order chi connectivity index (χ1) is 16.4. The van der Waals surface area contributed by atoms with Crippen LogP contribution in [0.15, 0.2) is 30.3 Å². The summed E-state index contributed by atoms with van der Waals surface area (Å²) in [4.78, 5) is 28.9. The minimum absolute atomic E-state index is 0.0581. The van der Waals surface area contributed by atoms with E-state index in [1.54, 1.807) is 20.1 Å². The highest BCUT2D eigenvalue weighted by molar-refractivity contribution is 6.33. The summed E-state index contributed by atoms with van der Waals surface area (Å²) >= 11 is 6.55. The van der Waals surface area contributed by atoms with Gasteiger partial charge in [-0.2, -0.15) is 0 Å². The Balaban J connectivity index is 1.22. The van der Waals surface area contributed by atoms with E-state index >= 15 is 0 Å². The second-order valence-corrected chi connectivity index (χ2v) is 9.51. The van der Waals surface area contributed by atoms with Crippen LogP contribution >= 0.6 is 11.6 Å². The average Bonchev–Trinajstić information content (AvgIpc) is 3.64. The van der Waals surface area contributed by atoms with Crippen LogP contribution in [0, 0.1) is 0 Å². The maximum absolute atomic E-state index is 12.3. The van der Waals surface area contributed by atoms with Gasteiger partial charge in [-0.1, -0.05) is 11.6 Å². The van der Waals surface area contributed by atoms with E-state index in [9.17, 15) is 9.59 Å². The van der Waals surface area contributed by atoms with Gasteiger partial charge in [0.2, 0.25) is 0 Å². The SMILES string of the molecule is COc1cc(CN2CCN(c3ccc(C(=O)NC4CC4)cc3Cl)CC2)cc2c1OC(C)C(=O)N2. The number of benzene rings is 2. The topological polar surface area (TPSA) is 83.1 Å². The number of carbonyl (C=O) groups excluding carboxylic acids is 2. The summed E-state index contributed by atoms with van der Waals surface area (Å²) in [6.45, 7) is 5.82. The van der Waals surface area contributed by atoms with Gasteiger partial charge >= 0.3 is 0 Å². The van der Waals surface area contributed by atoms with Crippen LogP contribution < -0.4 is 25.0 Å². The Hall–Kier alpha value is -2.97. The number of halogens is 1. The summed E-state index contributed by atoms with van der Waals surface area (Å²) in [5.74, 6) is 0.980. The molecule has 2 aliphatic heterocycles. The highest BCUT2D eigenvalue weighted by atomic mass is 35.5. The van der Waals surface area contributed by atoms with Crippen molar-refractivity contribution in [1.29, 1.82) is 0 Å². The molecule has 3 aliphatic rings. The lowest BCUT2D eigenvalue weighted by Crippen LogP contribution is -2.46. The second-order valence-electron chi connectivity index (χ2n) is 9.10. The van der Waals surface area contributed by atoms with Crippen molar-refractivity contribution in [3.8, 4) is 11.5 Å². The van der Waals surface area contributed by atoms with Crippen LogP contribution in [0.2, 0.25) is 5.02 Å². The number of ether oxygens (including phenoxy) is 2. The van der Waals surface area contributed by atoms with E-state index < -0.39 is 6.10 Å². The first-order valence-corrected chi connectivity index (χ1v) is 12.0.